The molecule has 1 aliphatic heterocycles. The predicted octanol–water partition coefficient (Wildman–Crippen LogP) is 2.94. The predicted molar refractivity (Wildman–Crippen MR) is 68.1 cm³/mol. The molecule has 1 aromatic heterocycles. The van der Waals surface area contributed by atoms with E-state index in [0.29, 0.717) is 11.7 Å². The molecule has 0 N–H and O–H groups in total. The van der Waals surface area contributed by atoms with Crippen molar-refractivity contribution in [1.82, 2.24) is 9.88 Å². The zero-order chi connectivity index (χ0) is 11.7. The number of carbonyl (C=O) groups excluding carboxylic acids is 1. The van der Waals surface area contributed by atoms with Crippen molar-refractivity contribution in [3.8, 4) is 0 Å². The molecule has 4 heteroatoms. The minimum atomic E-state index is 0.155. The van der Waals surface area contributed by atoms with Gasteiger partial charge < -0.3 is 4.90 Å². The summed E-state index contributed by atoms with van der Waals surface area (Å²) in [5.74, 6) is 0.905. The summed E-state index contributed by atoms with van der Waals surface area (Å²) in [6.45, 7) is 0.928. The van der Waals surface area contributed by atoms with Crippen molar-refractivity contribution in [3.05, 3.63) is 16.6 Å². The van der Waals surface area contributed by atoms with Gasteiger partial charge in [0.2, 0.25) is 0 Å². The molecule has 0 spiro atoms. The summed E-state index contributed by atoms with van der Waals surface area (Å²) in [5.41, 5.74) is 2.39. The van der Waals surface area contributed by atoms with E-state index in [1.165, 1.54) is 43.4 Å². The Labute approximate surface area is 106 Å². The van der Waals surface area contributed by atoms with E-state index in [2.05, 4.69) is 9.88 Å². The number of hydrogen-bond donors (Lipinski definition) is 0. The topological polar surface area (TPSA) is 33.2 Å². The Balaban J connectivity index is 1.79. The van der Waals surface area contributed by atoms with Crippen LogP contribution in [0, 0.1) is 5.92 Å². The van der Waals surface area contributed by atoms with Crippen LogP contribution in [0.25, 0.3) is 0 Å². The standard InChI is InChI=1S/C13H18N2OS/c16-13(11-8-17-9-14-11)15-7-3-5-10-4-1-2-6-12(10)15/h8-10,12H,1-7H2. The maximum Gasteiger partial charge on any atom is 0.273 e. The molecule has 1 saturated heterocycles. The number of nitrogens with zero attached hydrogens (tertiary/aromatic N) is 2. The van der Waals surface area contributed by atoms with Crippen LogP contribution in [0.2, 0.25) is 0 Å². The molecule has 2 fully saturated rings. The van der Waals surface area contributed by atoms with Gasteiger partial charge in [-0.25, -0.2) is 4.98 Å². The van der Waals surface area contributed by atoms with Crippen molar-refractivity contribution in [2.45, 2.75) is 44.6 Å². The fraction of sp³-hybridized carbons (Fsp3) is 0.692. The largest absolute Gasteiger partial charge is 0.334 e. The molecular formula is C13H18N2OS. The fourth-order valence-electron chi connectivity index (χ4n) is 3.34. The van der Waals surface area contributed by atoms with E-state index in [4.69, 9.17) is 0 Å². The van der Waals surface area contributed by atoms with E-state index in [9.17, 15) is 4.79 Å². The van der Waals surface area contributed by atoms with Crippen molar-refractivity contribution >= 4 is 17.2 Å². The van der Waals surface area contributed by atoms with Crippen LogP contribution in [0.1, 0.15) is 49.0 Å². The molecule has 3 nitrogen and oxygen atoms in total. The highest BCUT2D eigenvalue weighted by molar-refractivity contribution is 7.07. The Kier molecular flexibility index (Phi) is 3.14. The second-order valence-electron chi connectivity index (χ2n) is 5.13. The molecule has 0 aromatic carbocycles. The van der Waals surface area contributed by atoms with Gasteiger partial charge in [-0.2, -0.15) is 0 Å². The number of likely N-dealkylation sites (tertiary alicyclic amines) is 1. The van der Waals surface area contributed by atoms with Crippen LogP contribution >= 0.6 is 11.3 Å². The second-order valence-corrected chi connectivity index (χ2v) is 5.85. The number of fused-ring (bicyclic) bond motifs is 1. The fourth-order valence-corrected chi connectivity index (χ4v) is 3.87. The summed E-state index contributed by atoms with van der Waals surface area (Å²) in [7, 11) is 0. The van der Waals surface area contributed by atoms with Gasteiger partial charge in [0.15, 0.2) is 0 Å². The Morgan fingerprint density at radius 3 is 2.94 bits per heavy atom. The van der Waals surface area contributed by atoms with Crippen LogP contribution in [0.5, 0.6) is 0 Å². The molecule has 0 bridgehead atoms. The Morgan fingerprint density at radius 1 is 1.29 bits per heavy atom. The molecule has 1 saturated carbocycles. The molecule has 92 valence electrons. The summed E-state index contributed by atoms with van der Waals surface area (Å²) < 4.78 is 0. The lowest BCUT2D eigenvalue weighted by molar-refractivity contribution is 0.0386. The Hall–Kier alpha value is -0.900. The summed E-state index contributed by atoms with van der Waals surface area (Å²) in [6.07, 6.45) is 7.61. The Bertz CT molecular complexity index is 388. The van der Waals surface area contributed by atoms with E-state index in [0.717, 1.165) is 18.9 Å². The van der Waals surface area contributed by atoms with Crippen molar-refractivity contribution in [2.24, 2.45) is 5.92 Å². The third-order valence-electron chi connectivity index (χ3n) is 4.16. The highest BCUT2D eigenvalue weighted by atomic mass is 32.1. The van der Waals surface area contributed by atoms with Crippen molar-refractivity contribution < 1.29 is 4.79 Å². The van der Waals surface area contributed by atoms with Gasteiger partial charge in [0, 0.05) is 18.0 Å². The molecule has 1 amide bonds. The summed E-state index contributed by atoms with van der Waals surface area (Å²) in [5, 5.41) is 1.87. The normalized spacial score (nSPS) is 28.8. The van der Waals surface area contributed by atoms with Crippen LogP contribution < -0.4 is 0 Å². The van der Waals surface area contributed by atoms with E-state index in [-0.39, 0.29) is 5.91 Å². The van der Waals surface area contributed by atoms with Gasteiger partial charge in [-0.3, -0.25) is 4.79 Å². The van der Waals surface area contributed by atoms with Crippen molar-refractivity contribution in [1.29, 1.82) is 0 Å². The van der Waals surface area contributed by atoms with E-state index < -0.39 is 0 Å². The first kappa shape index (κ1) is 11.2. The summed E-state index contributed by atoms with van der Waals surface area (Å²) in [6, 6.07) is 0.492. The molecule has 0 radical (unpaired) electrons. The molecule has 17 heavy (non-hydrogen) atoms. The van der Waals surface area contributed by atoms with Gasteiger partial charge >= 0.3 is 0 Å². The number of carbonyl (C=O) groups is 1. The lowest BCUT2D eigenvalue weighted by Crippen LogP contribution is -2.49. The smallest absolute Gasteiger partial charge is 0.273 e. The minimum Gasteiger partial charge on any atom is -0.334 e. The molecule has 2 unspecified atom stereocenters. The van der Waals surface area contributed by atoms with Gasteiger partial charge in [-0.05, 0) is 31.6 Å². The second kappa shape index (κ2) is 4.77. The number of rotatable bonds is 1. The molecule has 3 rings (SSSR count). The van der Waals surface area contributed by atoms with Crippen molar-refractivity contribution in [3.63, 3.8) is 0 Å². The van der Waals surface area contributed by atoms with Crippen LogP contribution in [0.3, 0.4) is 0 Å². The lowest BCUT2D eigenvalue weighted by Gasteiger charge is -2.43. The number of piperidine rings is 1. The van der Waals surface area contributed by atoms with Crippen LogP contribution in [0.15, 0.2) is 10.9 Å². The third kappa shape index (κ3) is 2.10. The first-order valence-electron chi connectivity index (χ1n) is 6.55. The number of hydrogen-bond acceptors (Lipinski definition) is 3. The molecule has 2 aliphatic rings. The molecule has 1 aromatic rings. The summed E-state index contributed by atoms with van der Waals surface area (Å²) in [4.78, 5) is 18.6. The highest BCUT2D eigenvalue weighted by Crippen LogP contribution is 2.35. The zero-order valence-electron chi connectivity index (χ0n) is 9.97. The van der Waals surface area contributed by atoms with Crippen LogP contribution in [-0.2, 0) is 0 Å². The maximum absolute atomic E-state index is 12.4. The quantitative estimate of drug-likeness (QED) is 0.767. The first-order chi connectivity index (χ1) is 8.36. The van der Waals surface area contributed by atoms with Gasteiger partial charge in [0.1, 0.15) is 5.69 Å². The van der Waals surface area contributed by atoms with Gasteiger partial charge in [-0.15, -0.1) is 11.3 Å². The monoisotopic (exact) mass is 250 g/mol. The minimum absolute atomic E-state index is 0.155. The summed E-state index contributed by atoms with van der Waals surface area (Å²) >= 11 is 1.50. The van der Waals surface area contributed by atoms with Gasteiger partial charge in [0.25, 0.3) is 5.91 Å². The average molecular weight is 250 g/mol. The molecule has 1 aliphatic carbocycles. The molecular weight excluding hydrogens is 232 g/mol. The first-order valence-corrected chi connectivity index (χ1v) is 7.49. The van der Waals surface area contributed by atoms with Crippen LogP contribution in [0.4, 0.5) is 0 Å². The zero-order valence-corrected chi connectivity index (χ0v) is 10.8. The Morgan fingerprint density at radius 2 is 2.12 bits per heavy atom. The average Bonchev–Trinajstić information content (AvgIpc) is 2.91. The van der Waals surface area contributed by atoms with Gasteiger partial charge in [0.05, 0.1) is 5.51 Å². The van der Waals surface area contributed by atoms with E-state index in [1.54, 1.807) is 5.51 Å². The lowest BCUT2D eigenvalue weighted by atomic mass is 9.78. The number of thiazole rings is 1. The number of aromatic nitrogens is 1. The number of amides is 1. The SMILES string of the molecule is O=C(c1cscn1)N1CCCC2CCCCC21. The van der Waals surface area contributed by atoms with E-state index in [1.807, 2.05) is 5.38 Å². The third-order valence-corrected chi connectivity index (χ3v) is 4.74. The van der Waals surface area contributed by atoms with E-state index >= 15 is 0 Å². The highest BCUT2D eigenvalue weighted by Gasteiger charge is 2.36. The maximum atomic E-state index is 12.4. The van der Waals surface area contributed by atoms with Crippen molar-refractivity contribution in [2.75, 3.05) is 6.54 Å². The van der Waals surface area contributed by atoms with Gasteiger partial charge in [-0.1, -0.05) is 12.8 Å². The van der Waals surface area contributed by atoms with Crippen LogP contribution in [-0.4, -0.2) is 28.4 Å². The molecule has 2 heterocycles. The molecule has 2 atom stereocenters.